The van der Waals surface area contributed by atoms with Crippen LogP contribution in [0.25, 0.3) is 5.57 Å². The van der Waals surface area contributed by atoms with Gasteiger partial charge in [0.15, 0.2) is 0 Å². The van der Waals surface area contributed by atoms with Crippen molar-refractivity contribution in [2.45, 2.75) is 13.3 Å². The van der Waals surface area contributed by atoms with E-state index in [9.17, 15) is 0 Å². The molecule has 0 radical (unpaired) electrons. The van der Waals surface area contributed by atoms with Crippen molar-refractivity contribution in [3.63, 3.8) is 0 Å². The molecular formula is C26H24Cl2N2. The van der Waals surface area contributed by atoms with E-state index in [4.69, 9.17) is 23.2 Å². The maximum Gasteiger partial charge on any atom is 0.0490 e. The Kier molecular flexibility index (Phi) is 7.51. The molecule has 3 aromatic rings. The lowest BCUT2D eigenvalue weighted by atomic mass is 9.96. The van der Waals surface area contributed by atoms with Gasteiger partial charge in [0, 0.05) is 40.9 Å². The fourth-order valence-corrected chi connectivity index (χ4v) is 3.51. The molecule has 4 heteroatoms. The highest BCUT2D eigenvalue weighted by Crippen LogP contribution is 2.33. The van der Waals surface area contributed by atoms with Crippen molar-refractivity contribution in [2.24, 2.45) is 4.99 Å². The topological polar surface area (TPSA) is 15.6 Å². The molecule has 0 saturated heterocycles. The summed E-state index contributed by atoms with van der Waals surface area (Å²) in [5, 5.41) is 1.45. The quantitative estimate of drug-likeness (QED) is 0.344. The van der Waals surface area contributed by atoms with Crippen LogP contribution in [0, 0.1) is 6.92 Å². The Morgan fingerprint density at radius 2 is 1.60 bits per heavy atom. The maximum atomic E-state index is 6.07. The Morgan fingerprint density at radius 3 is 2.20 bits per heavy atom. The molecule has 152 valence electrons. The van der Waals surface area contributed by atoms with Crippen molar-refractivity contribution in [3.05, 3.63) is 112 Å². The molecule has 0 fully saturated rings. The summed E-state index contributed by atoms with van der Waals surface area (Å²) in [6.45, 7) is 6.12. The van der Waals surface area contributed by atoms with Crippen LogP contribution in [-0.4, -0.2) is 13.3 Å². The third-order valence-corrected chi connectivity index (χ3v) is 5.36. The molecule has 3 rings (SSSR count). The van der Waals surface area contributed by atoms with Gasteiger partial charge >= 0.3 is 0 Å². The predicted molar refractivity (Wildman–Crippen MR) is 133 cm³/mol. The van der Waals surface area contributed by atoms with Crippen LogP contribution in [0.1, 0.15) is 16.7 Å². The Labute approximate surface area is 188 Å². The van der Waals surface area contributed by atoms with E-state index in [2.05, 4.69) is 59.8 Å². The Hall–Kier alpha value is -2.81. The minimum absolute atomic E-state index is 0.709. The molecule has 0 aliphatic heterocycles. The average molecular weight is 435 g/mol. The summed E-state index contributed by atoms with van der Waals surface area (Å²) >= 11 is 12.1. The average Bonchev–Trinajstić information content (AvgIpc) is 2.75. The Balaban J connectivity index is 2.02. The lowest BCUT2D eigenvalue weighted by molar-refractivity contribution is 1.23. The number of aliphatic imine (C=N–C) groups is 1. The molecule has 0 saturated carbocycles. The van der Waals surface area contributed by atoms with Gasteiger partial charge in [-0.25, -0.2) is 0 Å². The van der Waals surface area contributed by atoms with Crippen LogP contribution in [-0.2, 0) is 6.42 Å². The van der Waals surface area contributed by atoms with Gasteiger partial charge in [-0.3, -0.25) is 4.99 Å². The highest BCUT2D eigenvalue weighted by molar-refractivity contribution is 6.30. The summed E-state index contributed by atoms with van der Waals surface area (Å²) in [5.74, 6) is 0. The first-order chi connectivity index (χ1) is 14.5. The smallest absolute Gasteiger partial charge is 0.0490 e. The fraction of sp³-hybridized carbons (Fsp3) is 0.115. The van der Waals surface area contributed by atoms with Crippen LogP contribution in [0.15, 0.2) is 90.6 Å². The van der Waals surface area contributed by atoms with E-state index in [-0.39, 0.29) is 0 Å². The van der Waals surface area contributed by atoms with E-state index in [0.717, 1.165) is 33.9 Å². The summed E-state index contributed by atoms with van der Waals surface area (Å²) in [5.41, 5.74) is 6.72. The van der Waals surface area contributed by atoms with E-state index in [1.165, 1.54) is 11.1 Å². The Bertz CT molecular complexity index is 1070. The van der Waals surface area contributed by atoms with Gasteiger partial charge in [0.1, 0.15) is 0 Å². The van der Waals surface area contributed by atoms with Gasteiger partial charge in [0.2, 0.25) is 0 Å². The molecule has 0 aliphatic rings. The zero-order valence-corrected chi connectivity index (χ0v) is 18.7. The number of halogens is 2. The first-order valence-electron chi connectivity index (χ1n) is 9.66. The summed E-state index contributed by atoms with van der Waals surface area (Å²) in [6, 6.07) is 22.2. The molecule has 3 aromatic carbocycles. The fourth-order valence-electron chi connectivity index (χ4n) is 3.26. The number of hydrogen-bond donors (Lipinski definition) is 0. The summed E-state index contributed by atoms with van der Waals surface area (Å²) in [4.78, 5) is 6.21. The van der Waals surface area contributed by atoms with Gasteiger partial charge in [-0.15, -0.1) is 0 Å². The van der Waals surface area contributed by atoms with Gasteiger partial charge in [0.25, 0.3) is 0 Å². The van der Waals surface area contributed by atoms with Gasteiger partial charge in [0.05, 0.1) is 0 Å². The summed E-state index contributed by atoms with van der Waals surface area (Å²) < 4.78 is 0. The molecule has 0 unspecified atom stereocenters. The standard InChI is InChI=1S/C26H24Cl2N2/c1-4-30(25-13-11-24(28)12-14-25)26-18-21(8-5-19(26)2)22(15-16-29-3)17-20-6-9-23(27)10-7-20/h4-16,18H,1,17H2,2-3H3/b22-15+,29-16?. The molecule has 0 aromatic heterocycles. The van der Waals surface area contributed by atoms with E-state index >= 15 is 0 Å². The first-order valence-corrected chi connectivity index (χ1v) is 10.4. The van der Waals surface area contributed by atoms with Crippen molar-refractivity contribution in [3.8, 4) is 0 Å². The van der Waals surface area contributed by atoms with Crippen molar-refractivity contribution in [1.29, 1.82) is 0 Å². The second-order valence-corrected chi connectivity index (χ2v) is 7.81. The summed E-state index contributed by atoms with van der Waals surface area (Å²) in [7, 11) is 1.77. The van der Waals surface area contributed by atoms with Crippen LogP contribution in [0.5, 0.6) is 0 Å². The van der Waals surface area contributed by atoms with Gasteiger partial charge in [-0.05, 0) is 84.1 Å². The summed E-state index contributed by atoms with van der Waals surface area (Å²) in [6.07, 6.45) is 6.49. The van der Waals surface area contributed by atoms with Crippen molar-refractivity contribution in [1.82, 2.24) is 0 Å². The first kappa shape index (κ1) is 21.9. The number of benzene rings is 3. The molecular weight excluding hydrogens is 411 g/mol. The number of allylic oxidation sites excluding steroid dienone is 2. The largest absolute Gasteiger partial charge is 0.317 e. The van der Waals surface area contributed by atoms with Crippen molar-refractivity contribution >= 4 is 46.4 Å². The van der Waals surface area contributed by atoms with Crippen LogP contribution in [0.2, 0.25) is 10.0 Å². The van der Waals surface area contributed by atoms with Crippen LogP contribution >= 0.6 is 23.2 Å². The normalized spacial score (nSPS) is 11.7. The van der Waals surface area contributed by atoms with Gasteiger partial charge in [-0.1, -0.05) is 54.0 Å². The van der Waals surface area contributed by atoms with Crippen LogP contribution in [0.3, 0.4) is 0 Å². The third-order valence-electron chi connectivity index (χ3n) is 4.86. The second-order valence-electron chi connectivity index (χ2n) is 6.93. The van der Waals surface area contributed by atoms with E-state index in [1.807, 2.05) is 48.8 Å². The molecule has 0 spiro atoms. The molecule has 0 heterocycles. The second kappa shape index (κ2) is 10.3. The molecule has 2 nitrogen and oxygen atoms in total. The van der Waals surface area contributed by atoms with Crippen molar-refractivity contribution < 1.29 is 0 Å². The number of anilines is 2. The lowest BCUT2D eigenvalue weighted by Crippen LogP contribution is -2.09. The zero-order chi connectivity index (χ0) is 21.5. The SMILES string of the molecule is C=CN(c1ccc(Cl)cc1)c1cc(/C(=C/C=NC)Cc2ccc(Cl)cc2)ccc1C. The van der Waals surface area contributed by atoms with Crippen LogP contribution in [0.4, 0.5) is 11.4 Å². The molecule has 0 aliphatic carbocycles. The van der Waals surface area contributed by atoms with E-state index in [1.54, 1.807) is 7.05 Å². The van der Waals surface area contributed by atoms with Gasteiger partial charge < -0.3 is 4.90 Å². The maximum absolute atomic E-state index is 6.07. The molecule has 0 N–H and O–H groups in total. The van der Waals surface area contributed by atoms with Crippen LogP contribution < -0.4 is 4.90 Å². The third kappa shape index (κ3) is 5.41. The minimum Gasteiger partial charge on any atom is -0.317 e. The van der Waals surface area contributed by atoms with E-state index < -0.39 is 0 Å². The monoisotopic (exact) mass is 434 g/mol. The molecule has 0 bridgehead atoms. The predicted octanol–water partition coefficient (Wildman–Crippen LogP) is 7.91. The van der Waals surface area contributed by atoms with Gasteiger partial charge in [-0.2, -0.15) is 0 Å². The lowest BCUT2D eigenvalue weighted by Gasteiger charge is -2.24. The number of aryl methyl sites for hydroxylation is 1. The zero-order valence-electron chi connectivity index (χ0n) is 17.1. The van der Waals surface area contributed by atoms with E-state index in [0.29, 0.717) is 5.02 Å². The molecule has 0 amide bonds. The molecule has 0 atom stereocenters. The van der Waals surface area contributed by atoms with Crippen molar-refractivity contribution in [2.75, 3.05) is 11.9 Å². The number of hydrogen-bond acceptors (Lipinski definition) is 2. The minimum atomic E-state index is 0.709. The highest BCUT2D eigenvalue weighted by Gasteiger charge is 2.12. The Morgan fingerprint density at radius 1 is 0.967 bits per heavy atom. The number of nitrogens with zero attached hydrogens (tertiary/aromatic N) is 2. The number of rotatable bonds is 7. The highest BCUT2D eigenvalue weighted by atomic mass is 35.5. The molecule has 30 heavy (non-hydrogen) atoms.